The van der Waals surface area contributed by atoms with Crippen molar-refractivity contribution in [2.75, 3.05) is 0 Å². The second-order valence-electron chi connectivity index (χ2n) is 7.00. The molecule has 2 nitrogen and oxygen atoms in total. The molecule has 1 saturated carbocycles. The van der Waals surface area contributed by atoms with E-state index in [9.17, 15) is 5.26 Å². The summed E-state index contributed by atoms with van der Waals surface area (Å²) in [6.07, 6.45) is 5.80. The van der Waals surface area contributed by atoms with Crippen molar-refractivity contribution in [2.24, 2.45) is 5.92 Å². The van der Waals surface area contributed by atoms with E-state index < -0.39 is 0 Å². The van der Waals surface area contributed by atoms with Crippen LogP contribution in [0, 0.1) is 17.2 Å². The van der Waals surface area contributed by atoms with Gasteiger partial charge in [-0.3, -0.25) is 0 Å². The van der Waals surface area contributed by atoms with Gasteiger partial charge >= 0.3 is 0 Å². The number of benzene rings is 1. The van der Waals surface area contributed by atoms with Crippen LogP contribution in [0.1, 0.15) is 63.1 Å². The highest BCUT2D eigenvalue weighted by atomic mass is 15.0. The Morgan fingerprint density at radius 1 is 1.20 bits per heavy atom. The summed E-state index contributed by atoms with van der Waals surface area (Å²) in [5, 5.41) is 13.0. The quantitative estimate of drug-likeness (QED) is 0.877. The fourth-order valence-electron chi connectivity index (χ4n) is 3.96. The lowest BCUT2D eigenvalue weighted by atomic mass is 9.71. The number of hydrogen-bond acceptors (Lipinski definition) is 2. The lowest BCUT2D eigenvalue weighted by molar-refractivity contribution is 0.320. The highest BCUT2D eigenvalue weighted by Gasteiger charge is 2.35. The molecule has 0 aliphatic heterocycles. The summed E-state index contributed by atoms with van der Waals surface area (Å²) in [5.74, 6) is 0.206. The highest BCUT2D eigenvalue weighted by Crippen LogP contribution is 2.42. The van der Waals surface area contributed by atoms with Crippen molar-refractivity contribution in [3.63, 3.8) is 0 Å². The summed E-state index contributed by atoms with van der Waals surface area (Å²) >= 11 is 0. The molecule has 106 valence electrons. The van der Waals surface area contributed by atoms with Crippen LogP contribution < -0.4 is 5.32 Å². The van der Waals surface area contributed by atoms with Crippen LogP contribution in [0.2, 0.25) is 0 Å². The Bertz CT molecular complexity index is 526. The predicted octanol–water partition coefficient (Wildman–Crippen LogP) is 4.08. The van der Waals surface area contributed by atoms with E-state index in [4.69, 9.17) is 0 Å². The molecule has 3 unspecified atom stereocenters. The van der Waals surface area contributed by atoms with E-state index in [-0.39, 0.29) is 11.3 Å². The van der Waals surface area contributed by atoms with Crippen molar-refractivity contribution in [3.8, 4) is 6.07 Å². The Morgan fingerprint density at radius 3 is 2.80 bits per heavy atom. The molecule has 0 saturated heterocycles. The monoisotopic (exact) mass is 268 g/mol. The molecule has 0 heterocycles. The zero-order chi connectivity index (χ0) is 14.2. The van der Waals surface area contributed by atoms with Crippen LogP contribution in [0.5, 0.6) is 0 Å². The number of nitrogens with one attached hydrogen (secondary N) is 1. The molecular formula is C18H24N2. The average Bonchev–Trinajstić information content (AvgIpc) is 2.90. The van der Waals surface area contributed by atoms with Crippen LogP contribution in [0.3, 0.4) is 0 Å². The molecule has 20 heavy (non-hydrogen) atoms. The Morgan fingerprint density at radius 2 is 2.00 bits per heavy atom. The van der Waals surface area contributed by atoms with Crippen LogP contribution in [0.25, 0.3) is 0 Å². The zero-order valence-electron chi connectivity index (χ0n) is 12.5. The molecule has 0 aromatic heterocycles. The van der Waals surface area contributed by atoms with Gasteiger partial charge in [0.2, 0.25) is 0 Å². The first kappa shape index (κ1) is 13.6. The number of nitrogens with zero attached hydrogens (tertiary/aromatic N) is 1. The molecule has 1 aromatic carbocycles. The molecule has 0 radical (unpaired) electrons. The van der Waals surface area contributed by atoms with Gasteiger partial charge in [-0.15, -0.1) is 0 Å². The second kappa shape index (κ2) is 5.22. The molecule has 1 N–H and O–H groups in total. The van der Waals surface area contributed by atoms with Crippen LogP contribution in [0.4, 0.5) is 0 Å². The van der Waals surface area contributed by atoms with Gasteiger partial charge in [-0.2, -0.15) is 5.26 Å². The minimum absolute atomic E-state index is 0.206. The first-order valence-electron chi connectivity index (χ1n) is 7.87. The lowest BCUT2D eigenvalue weighted by Gasteiger charge is -2.38. The third-order valence-corrected chi connectivity index (χ3v) is 5.22. The van der Waals surface area contributed by atoms with Crippen LogP contribution >= 0.6 is 0 Å². The SMILES string of the molecule is CC1(C)CCC(NC2CCCC2C#N)c2ccccc21. The summed E-state index contributed by atoms with van der Waals surface area (Å²) in [7, 11) is 0. The average molecular weight is 268 g/mol. The highest BCUT2D eigenvalue weighted by molar-refractivity contribution is 5.38. The van der Waals surface area contributed by atoms with Crippen molar-refractivity contribution >= 4 is 0 Å². The van der Waals surface area contributed by atoms with E-state index in [0.29, 0.717) is 12.1 Å². The van der Waals surface area contributed by atoms with Gasteiger partial charge in [0.05, 0.1) is 12.0 Å². The summed E-state index contributed by atoms with van der Waals surface area (Å²) in [4.78, 5) is 0. The van der Waals surface area contributed by atoms with Crippen LogP contribution in [-0.4, -0.2) is 6.04 Å². The van der Waals surface area contributed by atoms with E-state index >= 15 is 0 Å². The maximum Gasteiger partial charge on any atom is 0.0672 e. The van der Waals surface area contributed by atoms with Crippen molar-refractivity contribution in [1.82, 2.24) is 5.32 Å². The van der Waals surface area contributed by atoms with E-state index in [0.717, 1.165) is 12.8 Å². The van der Waals surface area contributed by atoms with Crippen molar-refractivity contribution < 1.29 is 0 Å². The topological polar surface area (TPSA) is 35.8 Å². The summed E-state index contributed by atoms with van der Waals surface area (Å²) < 4.78 is 0. The fourth-order valence-corrected chi connectivity index (χ4v) is 3.96. The Kier molecular flexibility index (Phi) is 3.56. The van der Waals surface area contributed by atoms with E-state index in [1.807, 2.05) is 0 Å². The molecule has 2 aliphatic rings. The smallest absolute Gasteiger partial charge is 0.0672 e. The van der Waals surface area contributed by atoms with Gasteiger partial charge < -0.3 is 5.32 Å². The van der Waals surface area contributed by atoms with Gasteiger partial charge in [0.25, 0.3) is 0 Å². The van der Waals surface area contributed by atoms with Crippen molar-refractivity contribution in [2.45, 2.75) is 63.5 Å². The molecule has 1 fully saturated rings. The molecular weight excluding hydrogens is 244 g/mol. The standard InChI is InChI=1S/C18H24N2/c1-18(2)11-10-17(14-7-3-4-8-15(14)18)20-16-9-5-6-13(16)12-19/h3-4,7-8,13,16-17,20H,5-6,9-11H2,1-2H3. The van der Waals surface area contributed by atoms with Crippen molar-refractivity contribution in [1.29, 1.82) is 5.26 Å². The van der Waals surface area contributed by atoms with E-state index in [2.05, 4.69) is 49.5 Å². The zero-order valence-corrected chi connectivity index (χ0v) is 12.5. The number of hydrogen-bond donors (Lipinski definition) is 1. The normalized spacial score (nSPS) is 31.6. The maximum atomic E-state index is 9.25. The molecule has 1 aromatic rings. The molecule has 0 spiro atoms. The van der Waals surface area contributed by atoms with E-state index in [1.165, 1.54) is 30.4 Å². The largest absolute Gasteiger partial charge is 0.306 e. The minimum atomic E-state index is 0.206. The molecule has 0 amide bonds. The second-order valence-corrected chi connectivity index (χ2v) is 7.00. The van der Waals surface area contributed by atoms with Crippen molar-refractivity contribution in [3.05, 3.63) is 35.4 Å². The van der Waals surface area contributed by atoms with Gasteiger partial charge in [-0.1, -0.05) is 44.5 Å². The third-order valence-electron chi connectivity index (χ3n) is 5.22. The molecule has 2 heteroatoms. The number of nitriles is 1. The van der Waals surface area contributed by atoms with Gasteiger partial charge in [-0.05, 0) is 42.2 Å². The van der Waals surface area contributed by atoms with Crippen LogP contribution in [0.15, 0.2) is 24.3 Å². The summed E-state index contributed by atoms with van der Waals surface area (Å²) in [6, 6.07) is 12.1. The van der Waals surface area contributed by atoms with Gasteiger partial charge in [0.15, 0.2) is 0 Å². The minimum Gasteiger partial charge on any atom is -0.306 e. The van der Waals surface area contributed by atoms with Gasteiger partial charge in [0, 0.05) is 12.1 Å². The van der Waals surface area contributed by atoms with Gasteiger partial charge in [-0.25, -0.2) is 0 Å². The maximum absolute atomic E-state index is 9.25. The summed E-state index contributed by atoms with van der Waals surface area (Å²) in [6.45, 7) is 4.69. The number of fused-ring (bicyclic) bond motifs is 1. The first-order chi connectivity index (χ1) is 9.62. The fraction of sp³-hybridized carbons (Fsp3) is 0.611. The lowest BCUT2D eigenvalue weighted by Crippen LogP contribution is -2.39. The van der Waals surface area contributed by atoms with E-state index in [1.54, 1.807) is 0 Å². The molecule has 3 atom stereocenters. The molecule has 0 bridgehead atoms. The molecule has 3 rings (SSSR count). The third kappa shape index (κ3) is 2.36. The Labute approximate surface area is 122 Å². The Balaban J connectivity index is 1.84. The van der Waals surface area contributed by atoms with Crippen LogP contribution in [-0.2, 0) is 5.41 Å². The molecule has 2 aliphatic carbocycles. The first-order valence-corrected chi connectivity index (χ1v) is 7.87. The Hall–Kier alpha value is -1.33. The number of rotatable bonds is 2. The van der Waals surface area contributed by atoms with Gasteiger partial charge in [0.1, 0.15) is 0 Å². The summed E-state index contributed by atoms with van der Waals surface area (Å²) in [5.41, 5.74) is 3.21. The predicted molar refractivity (Wildman–Crippen MR) is 81.3 cm³/mol.